The summed E-state index contributed by atoms with van der Waals surface area (Å²) >= 11 is 6.48. The number of nitrogens with two attached hydrogens (primary N) is 1. The van der Waals surface area contributed by atoms with Gasteiger partial charge in [-0.3, -0.25) is 9.59 Å². The number of hydrogen-bond acceptors (Lipinski definition) is 5. The number of fused-ring (bicyclic) bond motifs is 1. The van der Waals surface area contributed by atoms with Crippen LogP contribution in [-0.2, 0) is 11.2 Å². The van der Waals surface area contributed by atoms with E-state index in [9.17, 15) is 14.9 Å². The van der Waals surface area contributed by atoms with E-state index in [1.807, 2.05) is 44.2 Å². The predicted molar refractivity (Wildman–Crippen MR) is 133 cm³/mol. The van der Waals surface area contributed by atoms with Crippen molar-refractivity contribution < 1.29 is 9.59 Å². The first kappa shape index (κ1) is 23.9. The fraction of sp³-hybridized carbons (Fsp3) is 0.192. The van der Waals surface area contributed by atoms with Gasteiger partial charge in [0.1, 0.15) is 5.56 Å². The molecule has 0 fully saturated rings. The van der Waals surface area contributed by atoms with Crippen molar-refractivity contribution in [2.45, 2.75) is 32.6 Å². The molecule has 4 aromatic rings. The zero-order valence-electron chi connectivity index (χ0n) is 19.2. The van der Waals surface area contributed by atoms with E-state index >= 15 is 0 Å². The lowest BCUT2D eigenvalue weighted by Crippen LogP contribution is -2.15. The van der Waals surface area contributed by atoms with Crippen LogP contribution in [0, 0.1) is 25.2 Å². The molecule has 4 rings (SSSR count). The summed E-state index contributed by atoms with van der Waals surface area (Å²) in [5.41, 5.74) is 10.5. The Balaban J connectivity index is 1.47. The minimum Gasteiger partial charge on any atom is -0.365 e. The van der Waals surface area contributed by atoms with Gasteiger partial charge < -0.3 is 11.1 Å². The molecule has 0 spiro atoms. The summed E-state index contributed by atoms with van der Waals surface area (Å²) in [7, 11) is 0. The zero-order chi connectivity index (χ0) is 25.1. The lowest BCUT2D eigenvalue weighted by Gasteiger charge is -2.14. The molecule has 0 saturated heterocycles. The van der Waals surface area contributed by atoms with E-state index in [4.69, 9.17) is 17.3 Å². The maximum absolute atomic E-state index is 12.7. The highest BCUT2D eigenvalue weighted by Gasteiger charge is 2.19. The topological polar surface area (TPSA) is 126 Å². The standard InChI is InChI=1S/C26H23ClN6O2/c1-15-19(16(2)33-26(31-15)22(14-30-33)25(29)35)10-11-24(34)32-18-8-9-20(23(27)12-18)21(13-28)17-6-4-3-5-7-17/h3-9,12,14,21H,10-11H2,1-2H3,(H2,29,35)(H,32,34). The van der Waals surface area contributed by atoms with Gasteiger partial charge >= 0.3 is 0 Å². The van der Waals surface area contributed by atoms with Crippen molar-refractivity contribution in [2.75, 3.05) is 5.32 Å². The van der Waals surface area contributed by atoms with Gasteiger partial charge in [0, 0.05) is 28.5 Å². The van der Waals surface area contributed by atoms with E-state index in [1.54, 1.807) is 22.7 Å². The van der Waals surface area contributed by atoms with E-state index in [2.05, 4.69) is 21.5 Å². The molecule has 8 nitrogen and oxygen atoms in total. The number of hydrogen-bond donors (Lipinski definition) is 2. The number of halogens is 1. The van der Waals surface area contributed by atoms with Crippen molar-refractivity contribution in [1.29, 1.82) is 5.26 Å². The number of aryl methyl sites for hydroxylation is 2. The Labute approximate surface area is 207 Å². The molecule has 0 aliphatic rings. The van der Waals surface area contributed by atoms with Gasteiger partial charge in [0.05, 0.1) is 18.2 Å². The van der Waals surface area contributed by atoms with Crippen LogP contribution in [0.4, 0.5) is 5.69 Å². The quantitative estimate of drug-likeness (QED) is 0.402. The Morgan fingerprint density at radius 2 is 1.94 bits per heavy atom. The lowest BCUT2D eigenvalue weighted by atomic mass is 9.92. The molecule has 35 heavy (non-hydrogen) atoms. The van der Waals surface area contributed by atoms with Gasteiger partial charge in [-0.25, -0.2) is 9.50 Å². The zero-order valence-corrected chi connectivity index (χ0v) is 20.0. The Kier molecular flexibility index (Phi) is 6.80. The molecule has 2 aromatic carbocycles. The number of benzene rings is 2. The van der Waals surface area contributed by atoms with Gasteiger partial charge in [0.25, 0.3) is 5.91 Å². The first-order valence-corrected chi connectivity index (χ1v) is 11.4. The lowest BCUT2D eigenvalue weighted by molar-refractivity contribution is -0.116. The highest BCUT2D eigenvalue weighted by Crippen LogP contribution is 2.32. The first-order valence-electron chi connectivity index (χ1n) is 11.0. The van der Waals surface area contributed by atoms with Crippen molar-refractivity contribution >= 4 is 34.7 Å². The van der Waals surface area contributed by atoms with Crippen LogP contribution < -0.4 is 11.1 Å². The largest absolute Gasteiger partial charge is 0.365 e. The monoisotopic (exact) mass is 486 g/mol. The summed E-state index contributed by atoms with van der Waals surface area (Å²) in [6, 6.07) is 16.9. The summed E-state index contributed by atoms with van der Waals surface area (Å²) in [5, 5.41) is 17.2. The molecule has 3 N–H and O–H groups in total. The third kappa shape index (κ3) is 4.86. The summed E-state index contributed by atoms with van der Waals surface area (Å²) < 4.78 is 1.57. The van der Waals surface area contributed by atoms with Crippen LogP contribution in [-0.4, -0.2) is 26.4 Å². The fourth-order valence-corrected chi connectivity index (χ4v) is 4.41. The third-order valence-corrected chi connectivity index (χ3v) is 6.26. The maximum Gasteiger partial charge on any atom is 0.254 e. The number of aromatic nitrogens is 3. The molecule has 2 aromatic heterocycles. The van der Waals surface area contributed by atoms with Gasteiger partial charge in [0.2, 0.25) is 5.91 Å². The molecule has 9 heteroatoms. The van der Waals surface area contributed by atoms with Crippen molar-refractivity contribution in [3.8, 4) is 6.07 Å². The second-order valence-electron chi connectivity index (χ2n) is 8.18. The molecule has 2 heterocycles. The highest BCUT2D eigenvalue weighted by atomic mass is 35.5. The minimum atomic E-state index is -0.590. The second-order valence-corrected chi connectivity index (χ2v) is 8.58. The third-order valence-electron chi connectivity index (χ3n) is 5.93. The highest BCUT2D eigenvalue weighted by molar-refractivity contribution is 6.31. The van der Waals surface area contributed by atoms with Crippen LogP contribution in [0.15, 0.2) is 54.7 Å². The molecule has 1 atom stereocenters. The maximum atomic E-state index is 12.7. The van der Waals surface area contributed by atoms with Crippen LogP contribution in [0.1, 0.15) is 50.8 Å². The molecule has 2 amide bonds. The minimum absolute atomic E-state index is 0.189. The Morgan fingerprint density at radius 3 is 2.60 bits per heavy atom. The molecule has 176 valence electrons. The molecular formula is C26H23ClN6O2. The van der Waals surface area contributed by atoms with Crippen molar-refractivity contribution in [3.05, 3.63) is 93.4 Å². The van der Waals surface area contributed by atoms with E-state index in [0.717, 1.165) is 16.8 Å². The van der Waals surface area contributed by atoms with E-state index < -0.39 is 11.8 Å². The van der Waals surface area contributed by atoms with E-state index in [1.165, 1.54) is 6.20 Å². The molecule has 0 aliphatic heterocycles. The fourth-order valence-electron chi connectivity index (χ4n) is 4.12. The van der Waals surface area contributed by atoms with Gasteiger partial charge in [-0.1, -0.05) is 48.0 Å². The van der Waals surface area contributed by atoms with Crippen LogP contribution in [0.5, 0.6) is 0 Å². The number of rotatable bonds is 7. The van der Waals surface area contributed by atoms with Gasteiger partial charge in [-0.2, -0.15) is 10.4 Å². The normalized spacial score (nSPS) is 11.7. The number of nitriles is 1. The Bertz CT molecular complexity index is 1470. The number of primary amides is 1. The summed E-state index contributed by atoms with van der Waals surface area (Å²) in [6.07, 6.45) is 2.05. The predicted octanol–water partition coefficient (Wildman–Crippen LogP) is 4.33. The van der Waals surface area contributed by atoms with E-state index in [0.29, 0.717) is 34.0 Å². The number of amides is 2. The summed E-state index contributed by atoms with van der Waals surface area (Å²) in [6.45, 7) is 3.69. The Hall–Kier alpha value is -4.22. The average molecular weight is 487 g/mol. The molecule has 1 unspecified atom stereocenters. The number of nitrogens with one attached hydrogen (secondary N) is 1. The second kappa shape index (κ2) is 9.95. The smallest absolute Gasteiger partial charge is 0.254 e. The van der Waals surface area contributed by atoms with Gasteiger partial charge in [-0.05, 0) is 49.1 Å². The molecule has 0 aliphatic carbocycles. The van der Waals surface area contributed by atoms with Crippen LogP contribution >= 0.6 is 11.6 Å². The molecular weight excluding hydrogens is 464 g/mol. The number of carbonyl (C=O) groups is 2. The number of carbonyl (C=O) groups excluding carboxylic acids is 2. The van der Waals surface area contributed by atoms with Crippen molar-refractivity contribution in [1.82, 2.24) is 14.6 Å². The van der Waals surface area contributed by atoms with Crippen LogP contribution in [0.3, 0.4) is 0 Å². The molecule has 0 bridgehead atoms. The van der Waals surface area contributed by atoms with Crippen molar-refractivity contribution in [2.24, 2.45) is 5.73 Å². The van der Waals surface area contributed by atoms with Crippen LogP contribution in [0.25, 0.3) is 5.65 Å². The Morgan fingerprint density at radius 1 is 1.20 bits per heavy atom. The summed E-state index contributed by atoms with van der Waals surface area (Å²) in [5.74, 6) is -1.28. The summed E-state index contributed by atoms with van der Waals surface area (Å²) in [4.78, 5) is 28.7. The molecule has 0 radical (unpaired) electrons. The SMILES string of the molecule is Cc1nc2c(C(N)=O)cnn2c(C)c1CCC(=O)Nc1ccc(C(C#N)c2ccccc2)c(Cl)c1. The average Bonchev–Trinajstić information content (AvgIpc) is 3.26. The number of nitrogens with zero attached hydrogens (tertiary/aromatic N) is 4. The van der Waals surface area contributed by atoms with E-state index in [-0.39, 0.29) is 17.9 Å². The van der Waals surface area contributed by atoms with Gasteiger partial charge in [-0.15, -0.1) is 0 Å². The van der Waals surface area contributed by atoms with Gasteiger partial charge in [0.15, 0.2) is 5.65 Å². The van der Waals surface area contributed by atoms with Crippen LogP contribution in [0.2, 0.25) is 5.02 Å². The molecule has 0 saturated carbocycles. The number of anilines is 1. The van der Waals surface area contributed by atoms with Crippen molar-refractivity contribution in [3.63, 3.8) is 0 Å². The first-order chi connectivity index (χ1) is 16.8.